The van der Waals surface area contributed by atoms with Crippen LogP contribution in [0.4, 0.5) is 5.69 Å². The van der Waals surface area contributed by atoms with Gasteiger partial charge in [0.15, 0.2) is 11.5 Å². The lowest BCUT2D eigenvalue weighted by Gasteiger charge is -2.30. The van der Waals surface area contributed by atoms with Crippen LogP contribution in [-0.2, 0) is 32.9 Å². The van der Waals surface area contributed by atoms with Crippen LogP contribution >= 0.6 is 0 Å². The molecule has 5 atom stereocenters. The summed E-state index contributed by atoms with van der Waals surface area (Å²) in [5.74, 6) is -1.82. The predicted octanol–water partition coefficient (Wildman–Crippen LogP) is 1.28. The third-order valence-corrected chi connectivity index (χ3v) is 7.54. The van der Waals surface area contributed by atoms with Gasteiger partial charge in [-0.2, -0.15) is 0 Å². The van der Waals surface area contributed by atoms with Crippen molar-refractivity contribution in [3.8, 4) is 11.5 Å². The predicted molar refractivity (Wildman–Crippen MR) is 120 cm³/mol. The van der Waals surface area contributed by atoms with Gasteiger partial charge < -0.3 is 19.9 Å². The number of hydrogen-bond acceptors (Lipinski definition) is 7. The summed E-state index contributed by atoms with van der Waals surface area (Å²) in [6.07, 6.45) is -0.239. The van der Waals surface area contributed by atoms with Crippen LogP contribution in [-0.4, -0.2) is 46.7 Å². The van der Waals surface area contributed by atoms with Gasteiger partial charge >= 0.3 is 0 Å². The number of rotatable bonds is 4. The summed E-state index contributed by atoms with van der Waals surface area (Å²) in [7, 11) is 0. The Kier molecular flexibility index (Phi) is 4.53. The normalized spacial score (nSPS) is 29.6. The lowest BCUT2D eigenvalue weighted by Crippen LogP contribution is -2.54. The number of anilines is 1. The van der Waals surface area contributed by atoms with Gasteiger partial charge in [0, 0.05) is 17.3 Å². The van der Waals surface area contributed by atoms with Crippen molar-refractivity contribution in [1.82, 2.24) is 10.2 Å². The number of aliphatic hydroxyl groups excluding tert-OH is 1. The Hall–Kier alpha value is -3.43. The average Bonchev–Trinajstić information content (AvgIpc) is 3.55. The fourth-order valence-electron chi connectivity index (χ4n) is 5.97. The van der Waals surface area contributed by atoms with Crippen molar-refractivity contribution in [2.45, 2.75) is 44.5 Å². The molecule has 34 heavy (non-hydrogen) atoms. The van der Waals surface area contributed by atoms with E-state index in [1.54, 1.807) is 25.1 Å². The number of likely N-dealkylation sites (tertiary alicyclic amines) is 1. The zero-order chi connectivity index (χ0) is 23.8. The molecule has 1 spiro atoms. The molecule has 0 aliphatic carbocycles. The number of carbonyl (C=O) groups is 3. The summed E-state index contributed by atoms with van der Waals surface area (Å²) in [6.45, 7) is 3.74. The third kappa shape index (κ3) is 2.65. The number of aliphatic hydroxyl groups is 1. The number of aryl methyl sites for hydroxylation is 1. The molecule has 4 aliphatic rings. The van der Waals surface area contributed by atoms with E-state index in [1.165, 1.54) is 4.90 Å². The number of hydrogen-bond donors (Lipinski definition) is 3. The van der Waals surface area contributed by atoms with Gasteiger partial charge in [-0.05, 0) is 36.6 Å². The summed E-state index contributed by atoms with van der Waals surface area (Å²) in [6, 6.07) is 10.2. The average molecular weight is 463 g/mol. The van der Waals surface area contributed by atoms with Gasteiger partial charge in [0.1, 0.15) is 5.54 Å². The maximum absolute atomic E-state index is 13.8. The molecule has 9 heteroatoms. The maximum atomic E-state index is 13.8. The van der Waals surface area contributed by atoms with E-state index in [0.717, 1.165) is 5.56 Å². The Morgan fingerprint density at radius 3 is 2.71 bits per heavy atom. The Balaban J connectivity index is 1.43. The standard InChI is InChI=1S/C25H25N3O6/c1-3-14-5-4-6-15-21(14)26-24(32)25(15)19-18(20(27-25)12(2)29)22(30)28(23(19)31)10-13-7-8-16-17(9-13)34-11-33-16/h4-9,12,18-20,27,29H,3,10-11H2,1-2H3,(H,26,32)/t12-,18-,19-,20+,25-/m0/s1. The van der Waals surface area contributed by atoms with Crippen LogP contribution in [0.3, 0.4) is 0 Å². The van der Waals surface area contributed by atoms with Crippen LogP contribution in [0.15, 0.2) is 36.4 Å². The van der Waals surface area contributed by atoms with Crippen LogP contribution in [0.25, 0.3) is 0 Å². The van der Waals surface area contributed by atoms with E-state index in [2.05, 4.69) is 10.6 Å². The summed E-state index contributed by atoms with van der Waals surface area (Å²) < 4.78 is 10.8. The van der Waals surface area contributed by atoms with Crippen LogP contribution < -0.4 is 20.1 Å². The molecule has 4 heterocycles. The van der Waals surface area contributed by atoms with Crippen molar-refractivity contribution in [1.29, 1.82) is 0 Å². The number of fused-ring (bicyclic) bond motifs is 5. The highest BCUT2D eigenvalue weighted by Gasteiger charge is 2.71. The molecule has 2 aromatic carbocycles. The molecule has 0 bridgehead atoms. The first kappa shape index (κ1) is 21.1. The highest BCUT2D eigenvalue weighted by molar-refractivity contribution is 6.15. The van der Waals surface area contributed by atoms with Gasteiger partial charge in [-0.15, -0.1) is 0 Å². The number of ether oxygens (including phenoxy) is 2. The monoisotopic (exact) mass is 463 g/mol. The van der Waals surface area contributed by atoms with E-state index in [1.807, 2.05) is 25.1 Å². The molecule has 0 saturated carbocycles. The molecular formula is C25H25N3O6. The summed E-state index contributed by atoms with van der Waals surface area (Å²) in [4.78, 5) is 42.1. The van der Waals surface area contributed by atoms with Crippen molar-refractivity contribution in [2.75, 3.05) is 12.1 Å². The third-order valence-electron chi connectivity index (χ3n) is 7.54. The van der Waals surface area contributed by atoms with Crippen molar-refractivity contribution in [2.24, 2.45) is 11.8 Å². The van der Waals surface area contributed by atoms with E-state index >= 15 is 0 Å². The number of imide groups is 1. The minimum Gasteiger partial charge on any atom is -0.454 e. The molecule has 176 valence electrons. The van der Waals surface area contributed by atoms with Crippen LogP contribution in [0, 0.1) is 11.8 Å². The molecule has 3 N–H and O–H groups in total. The van der Waals surface area contributed by atoms with Gasteiger partial charge in [-0.25, -0.2) is 0 Å². The van der Waals surface area contributed by atoms with Crippen molar-refractivity contribution >= 4 is 23.4 Å². The molecule has 0 radical (unpaired) electrons. The SMILES string of the molecule is CCc1cccc2c1NC(=O)[C@]21N[C@H]([C@H](C)O)[C@H]2C(=O)N(Cc3ccc4c(c3)OCO4)C(=O)[C@H]21. The molecule has 2 saturated heterocycles. The minimum atomic E-state index is -1.41. The van der Waals surface area contributed by atoms with Crippen LogP contribution in [0.5, 0.6) is 11.5 Å². The Bertz CT molecular complexity index is 1240. The molecule has 0 aromatic heterocycles. The zero-order valence-corrected chi connectivity index (χ0v) is 18.8. The Morgan fingerprint density at radius 1 is 1.15 bits per heavy atom. The first-order valence-electron chi connectivity index (χ1n) is 11.5. The van der Waals surface area contributed by atoms with Crippen LogP contribution in [0.2, 0.25) is 0 Å². The molecule has 9 nitrogen and oxygen atoms in total. The zero-order valence-electron chi connectivity index (χ0n) is 18.8. The lowest BCUT2D eigenvalue weighted by molar-refractivity contribution is -0.143. The van der Waals surface area contributed by atoms with Gasteiger partial charge in [0.05, 0.1) is 24.5 Å². The highest BCUT2D eigenvalue weighted by atomic mass is 16.7. The molecular weight excluding hydrogens is 438 g/mol. The quantitative estimate of drug-likeness (QED) is 0.585. The largest absolute Gasteiger partial charge is 0.454 e. The fourth-order valence-corrected chi connectivity index (χ4v) is 5.97. The maximum Gasteiger partial charge on any atom is 0.250 e. The fraction of sp³-hybridized carbons (Fsp3) is 0.400. The van der Waals surface area contributed by atoms with Crippen molar-refractivity contribution < 1.29 is 29.0 Å². The molecule has 6 rings (SSSR count). The number of para-hydroxylation sites is 1. The summed E-state index contributed by atoms with van der Waals surface area (Å²) in [5.41, 5.74) is 1.59. The molecule has 0 unspecified atom stereocenters. The Morgan fingerprint density at radius 2 is 1.94 bits per heavy atom. The Labute approximate surface area is 196 Å². The second-order valence-electron chi connectivity index (χ2n) is 9.32. The number of benzene rings is 2. The van der Waals surface area contributed by atoms with Crippen molar-refractivity contribution in [3.63, 3.8) is 0 Å². The second kappa shape index (κ2) is 7.28. The van der Waals surface area contributed by atoms with Gasteiger partial charge in [0.2, 0.25) is 24.5 Å². The topological polar surface area (TPSA) is 117 Å². The minimum absolute atomic E-state index is 0.0490. The molecule has 3 amide bonds. The summed E-state index contributed by atoms with van der Waals surface area (Å²) in [5, 5.41) is 16.7. The van der Waals surface area contributed by atoms with E-state index in [9.17, 15) is 19.5 Å². The van der Waals surface area contributed by atoms with Gasteiger partial charge in [0.25, 0.3) is 0 Å². The first-order valence-corrected chi connectivity index (χ1v) is 11.5. The number of nitrogens with zero attached hydrogens (tertiary/aromatic N) is 1. The highest BCUT2D eigenvalue weighted by Crippen LogP contribution is 2.54. The van der Waals surface area contributed by atoms with Crippen LogP contribution in [0.1, 0.15) is 30.5 Å². The first-order chi connectivity index (χ1) is 16.4. The van der Waals surface area contributed by atoms with E-state index in [-0.39, 0.29) is 19.2 Å². The van der Waals surface area contributed by atoms with E-state index in [0.29, 0.717) is 34.7 Å². The number of amides is 3. The van der Waals surface area contributed by atoms with Gasteiger partial charge in [-0.3, -0.25) is 24.6 Å². The number of nitrogens with one attached hydrogen (secondary N) is 2. The summed E-state index contributed by atoms with van der Waals surface area (Å²) >= 11 is 0. The van der Waals surface area contributed by atoms with Crippen molar-refractivity contribution in [3.05, 3.63) is 53.1 Å². The second-order valence-corrected chi connectivity index (χ2v) is 9.32. The van der Waals surface area contributed by atoms with Gasteiger partial charge in [-0.1, -0.05) is 31.2 Å². The smallest absolute Gasteiger partial charge is 0.250 e. The molecule has 2 aromatic rings. The lowest BCUT2D eigenvalue weighted by atomic mass is 9.76. The number of carbonyl (C=O) groups excluding carboxylic acids is 3. The molecule has 2 fully saturated rings. The van der Waals surface area contributed by atoms with E-state index in [4.69, 9.17) is 9.47 Å². The molecule has 4 aliphatic heterocycles. The van der Waals surface area contributed by atoms with E-state index < -0.39 is 41.3 Å².